The predicted octanol–water partition coefficient (Wildman–Crippen LogP) is 3.75. The lowest BCUT2D eigenvalue weighted by Crippen LogP contribution is -2.29. The number of hydrogen-bond acceptors (Lipinski definition) is 3. The van der Waals surface area contributed by atoms with E-state index in [0.717, 1.165) is 17.1 Å². The highest BCUT2D eigenvalue weighted by atomic mass is 16.6. The van der Waals surface area contributed by atoms with Crippen LogP contribution in [0.15, 0.2) is 40.8 Å². The summed E-state index contributed by atoms with van der Waals surface area (Å²) in [6, 6.07) is 10.7. The fourth-order valence-electron chi connectivity index (χ4n) is 1.96. The van der Waals surface area contributed by atoms with Gasteiger partial charge in [-0.25, -0.2) is 4.79 Å². The van der Waals surface area contributed by atoms with Crippen molar-refractivity contribution < 1.29 is 13.9 Å². The third kappa shape index (κ3) is 3.37. The summed E-state index contributed by atoms with van der Waals surface area (Å²) in [5.41, 5.74) is 0.961. The van der Waals surface area contributed by atoms with E-state index in [1.807, 2.05) is 45.0 Å². The van der Waals surface area contributed by atoms with E-state index in [1.54, 1.807) is 12.1 Å². The first kappa shape index (κ1) is 13.2. The summed E-state index contributed by atoms with van der Waals surface area (Å²) in [6.45, 7) is 5.65. The fourth-order valence-corrected chi connectivity index (χ4v) is 1.96. The van der Waals surface area contributed by atoms with Gasteiger partial charge in [-0.2, -0.15) is 0 Å². The monoisotopic (exact) mass is 259 g/mol. The molecule has 0 saturated carbocycles. The minimum absolute atomic E-state index is 0.159. The molecular weight excluding hydrogens is 242 g/mol. The van der Waals surface area contributed by atoms with Crippen molar-refractivity contribution in [2.45, 2.75) is 26.8 Å². The van der Waals surface area contributed by atoms with Crippen LogP contribution in [0, 0.1) is 13.8 Å². The largest absolute Gasteiger partial charge is 0.466 e. The van der Waals surface area contributed by atoms with E-state index < -0.39 is 6.09 Å². The molecule has 1 heterocycles. The molecule has 1 atom stereocenters. The first-order valence-electron chi connectivity index (χ1n) is 6.16. The molecule has 1 unspecified atom stereocenters. The van der Waals surface area contributed by atoms with Crippen LogP contribution >= 0.6 is 0 Å². The number of rotatable bonds is 3. The number of ether oxygens (including phenoxy) is 1. The van der Waals surface area contributed by atoms with Crippen LogP contribution < -0.4 is 10.1 Å². The van der Waals surface area contributed by atoms with E-state index in [-0.39, 0.29) is 6.04 Å². The Morgan fingerprint density at radius 1 is 1.26 bits per heavy atom. The van der Waals surface area contributed by atoms with Gasteiger partial charge in [0.15, 0.2) is 0 Å². The van der Waals surface area contributed by atoms with Gasteiger partial charge in [0, 0.05) is 5.56 Å². The maximum absolute atomic E-state index is 11.8. The van der Waals surface area contributed by atoms with Crippen molar-refractivity contribution in [1.82, 2.24) is 5.32 Å². The van der Waals surface area contributed by atoms with E-state index in [2.05, 4.69) is 5.32 Å². The van der Waals surface area contributed by atoms with Crippen LogP contribution in [-0.4, -0.2) is 6.09 Å². The summed E-state index contributed by atoms with van der Waals surface area (Å²) in [6.07, 6.45) is -0.475. The number of carbonyl (C=O) groups excluding carboxylic acids is 1. The van der Waals surface area contributed by atoms with Gasteiger partial charge >= 0.3 is 6.09 Å². The maximum atomic E-state index is 11.8. The standard InChI is InChI=1S/C15H17NO3/c1-10-9-14(12(3)18-10)11(2)16-15(17)19-13-7-5-4-6-8-13/h4-9,11H,1-3H3,(H,16,17). The maximum Gasteiger partial charge on any atom is 0.413 e. The molecule has 0 saturated heterocycles. The molecule has 100 valence electrons. The van der Waals surface area contributed by atoms with Gasteiger partial charge in [-0.15, -0.1) is 0 Å². The molecule has 0 spiro atoms. The Bertz CT molecular complexity index is 560. The highest BCUT2D eigenvalue weighted by molar-refractivity contribution is 5.70. The molecular formula is C15H17NO3. The minimum atomic E-state index is -0.475. The van der Waals surface area contributed by atoms with Gasteiger partial charge in [0.05, 0.1) is 6.04 Å². The third-order valence-corrected chi connectivity index (χ3v) is 2.83. The zero-order chi connectivity index (χ0) is 13.8. The van der Waals surface area contributed by atoms with Gasteiger partial charge in [0.1, 0.15) is 17.3 Å². The average Bonchev–Trinajstić information content (AvgIpc) is 2.69. The molecule has 4 heteroatoms. The second-order valence-corrected chi connectivity index (χ2v) is 4.44. The Hall–Kier alpha value is -2.23. The number of furan rings is 1. The van der Waals surface area contributed by atoms with Crippen molar-refractivity contribution in [2.75, 3.05) is 0 Å². The number of nitrogens with one attached hydrogen (secondary N) is 1. The van der Waals surface area contributed by atoms with Crippen molar-refractivity contribution in [3.63, 3.8) is 0 Å². The Labute approximate surface area is 112 Å². The summed E-state index contributed by atoms with van der Waals surface area (Å²) in [4.78, 5) is 11.8. The molecule has 0 fully saturated rings. The number of benzene rings is 1. The summed E-state index contributed by atoms with van der Waals surface area (Å²) >= 11 is 0. The van der Waals surface area contributed by atoms with Gasteiger partial charge in [0.25, 0.3) is 0 Å². The summed E-state index contributed by atoms with van der Waals surface area (Å²) < 4.78 is 10.6. The van der Waals surface area contributed by atoms with Gasteiger partial charge in [0.2, 0.25) is 0 Å². The van der Waals surface area contributed by atoms with Crippen LogP contribution in [0.4, 0.5) is 4.79 Å². The van der Waals surface area contributed by atoms with Crippen molar-refractivity contribution in [3.8, 4) is 5.75 Å². The topological polar surface area (TPSA) is 51.5 Å². The van der Waals surface area contributed by atoms with Gasteiger partial charge in [-0.1, -0.05) is 18.2 Å². The summed E-state index contributed by atoms with van der Waals surface area (Å²) in [5, 5.41) is 2.78. The Morgan fingerprint density at radius 3 is 2.53 bits per heavy atom. The van der Waals surface area contributed by atoms with E-state index in [4.69, 9.17) is 9.15 Å². The second-order valence-electron chi connectivity index (χ2n) is 4.44. The van der Waals surface area contributed by atoms with Gasteiger partial charge < -0.3 is 14.5 Å². The van der Waals surface area contributed by atoms with Crippen molar-refractivity contribution in [3.05, 3.63) is 53.5 Å². The Morgan fingerprint density at radius 2 is 1.95 bits per heavy atom. The number of carbonyl (C=O) groups is 1. The highest BCUT2D eigenvalue weighted by Crippen LogP contribution is 2.21. The van der Waals surface area contributed by atoms with Crippen LogP contribution in [-0.2, 0) is 0 Å². The van der Waals surface area contributed by atoms with E-state index >= 15 is 0 Å². The lowest BCUT2D eigenvalue weighted by atomic mass is 10.1. The fraction of sp³-hybridized carbons (Fsp3) is 0.267. The average molecular weight is 259 g/mol. The Kier molecular flexibility index (Phi) is 3.90. The van der Waals surface area contributed by atoms with Crippen LogP contribution in [0.25, 0.3) is 0 Å². The second kappa shape index (κ2) is 5.61. The van der Waals surface area contributed by atoms with E-state index in [9.17, 15) is 4.79 Å². The number of para-hydroxylation sites is 1. The molecule has 4 nitrogen and oxygen atoms in total. The molecule has 2 aromatic rings. The molecule has 0 aliphatic rings. The van der Waals surface area contributed by atoms with Crippen LogP contribution in [0.5, 0.6) is 5.75 Å². The number of hydrogen-bond donors (Lipinski definition) is 1. The lowest BCUT2D eigenvalue weighted by Gasteiger charge is -2.13. The third-order valence-electron chi connectivity index (χ3n) is 2.83. The lowest BCUT2D eigenvalue weighted by molar-refractivity contribution is 0.197. The number of amides is 1. The van der Waals surface area contributed by atoms with Gasteiger partial charge in [-0.05, 0) is 39.0 Å². The number of aryl methyl sites for hydroxylation is 2. The molecule has 1 aromatic heterocycles. The van der Waals surface area contributed by atoms with E-state index in [1.165, 1.54) is 0 Å². The normalized spacial score (nSPS) is 11.9. The molecule has 0 aliphatic heterocycles. The van der Waals surface area contributed by atoms with E-state index in [0.29, 0.717) is 5.75 Å². The molecule has 2 rings (SSSR count). The van der Waals surface area contributed by atoms with Crippen LogP contribution in [0.1, 0.15) is 30.0 Å². The SMILES string of the molecule is Cc1cc(C(C)NC(=O)Oc2ccccc2)c(C)o1. The molecule has 1 amide bonds. The first-order valence-corrected chi connectivity index (χ1v) is 6.16. The zero-order valence-corrected chi connectivity index (χ0v) is 11.3. The van der Waals surface area contributed by atoms with Crippen LogP contribution in [0.2, 0.25) is 0 Å². The van der Waals surface area contributed by atoms with Crippen molar-refractivity contribution in [1.29, 1.82) is 0 Å². The minimum Gasteiger partial charge on any atom is -0.466 e. The van der Waals surface area contributed by atoms with Crippen molar-refractivity contribution in [2.24, 2.45) is 0 Å². The molecule has 0 radical (unpaired) electrons. The van der Waals surface area contributed by atoms with Gasteiger partial charge in [-0.3, -0.25) is 0 Å². The van der Waals surface area contributed by atoms with Crippen LogP contribution in [0.3, 0.4) is 0 Å². The molecule has 19 heavy (non-hydrogen) atoms. The molecule has 0 aliphatic carbocycles. The molecule has 0 bridgehead atoms. The quantitative estimate of drug-likeness (QED) is 0.913. The smallest absolute Gasteiger partial charge is 0.413 e. The highest BCUT2D eigenvalue weighted by Gasteiger charge is 2.15. The Balaban J connectivity index is 1.97. The summed E-state index contributed by atoms with van der Waals surface area (Å²) in [5.74, 6) is 2.16. The summed E-state index contributed by atoms with van der Waals surface area (Å²) in [7, 11) is 0. The molecule has 1 N–H and O–H groups in total. The first-order chi connectivity index (χ1) is 9.06. The van der Waals surface area contributed by atoms with Crippen molar-refractivity contribution >= 4 is 6.09 Å². The predicted molar refractivity (Wildman–Crippen MR) is 72.2 cm³/mol. The molecule has 1 aromatic carbocycles. The zero-order valence-electron chi connectivity index (χ0n) is 11.3.